The molecule has 1 aliphatic heterocycles. The Labute approximate surface area is 173 Å². The fourth-order valence-corrected chi connectivity index (χ4v) is 3.73. The van der Waals surface area contributed by atoms with Gasteiger partial charge in [-0.2, -0.15) is 4.98 Å². The number of aromatic nitrogens is 3. The van der Waals surface area contributed by atoms with Gasteiger partial charge < -0.3 is 15.8 Å². The van der Waals surface area contributed by atoms with Gasteiger partial charge in [-0.25, -0.2) is 4.68 Å². The second kappa shape index (κ2) is 7.60. The molecule has 1 amide bonds. The van der Waals surface area contributed by atoms with E-state index in [1.165, 1.54) is 0 Å². The second-order valence-corrected chi connectivity index (χ2v) is 6.99. The van der Waals surface area contributed by atoms with Crippen molar-refractivity contribution in [1.82, 2.24) is 14.8 Å². The Balaban J connectivity index is 1.92. The van der Waals surface area contributed by atoms with Crippen LogP contribution in [0.3, 0.4) is 0 Å². The highest BCUT2D eigenvalue weighted by atomic mass is 35.5. The summed E-state index contributed by atoms with van der Waals surface area (Å²) < 4.78 is 7.46. The van der Waals surface area contributed by atoms with Crippen molar-refractivity contribution in [1.29, 1.82) is 0 Å². The number of para-hydroxylation sites is 1. The standard InChI is InChI=1S/C21H20ClN5O2/c1-3-29-16-11-7-5-9-14(16)18-17(19(23)28)12(2)24-21-25-20(26-27(18)21)13-8-4-6-10-15(13)22/h4-11,18H,3H2,1-2H3,(H2,23,28)(H,24,25,26)/t18-/m1/s1. The Kier molecular flexibility index (Phi) is 4.98. The van der Waals surface area contributed by atoms with Crippen LogP contribution in [-0.2, 0) is 4.79 Å². The van der Waals surface area contributed by atoms with Crippen LogP contribution in [0, 0.1) is 0 Å². The number of anilines is 1. The van der Waals surface area contributed by atoms with Gasteiger partial charge in [0, 0.05) is 16.8 Å². The monoisotopic (exact) mass is 409 g/mol. The first-order chi connectivity index (χ1) is 14.0. The van der Waals surface area contributed by atoms with Crippen molar-refractivity contribution in [3.8, 4) is 17.1 Å². The number of rotatable bonds is 5. The molecule has 3 aromatic rings. The number of ether oxygens (including phenoxy) is 1. The molecule has 0 saturated heterocycles. The third-order valence-corrected chi connectivity index (χ3v) is 5.08. The molecule has 0 radical (unpaired) electrons. The molecular weight excluding hydrogens is 390 g/mol. The minimum Gasteiger partial charge on any atom is -0.494 e. The quantitative estimate of drug-likeness (QED) is 0.668. The normalized spacial score (nSPS) is 15.6. The molecule has 1 aromatic heterocycles. The summed E-state index contributed by atoms with van der Waals surface area (Å²) in [6, 6.07) is 14.3. The van der Waals surface area contributed by atoms with E-state index in [9.17, 15) is 4.79 Å². The lowest BCUT2D eigenvalue weighted by Gasteiger charge is -2.28. The van der Waals surface area contributed by atoms with E-state index in [0.717, 1.165) is 5.56 Å². The van der Waals surface area contributed by atoms with Crippen molar-refractivity contribution in [2.24, 2.45) is 5.73 Å². The van der Waals surface area contributed by atoms with Crippen LogP contribution in [0.2, 0.25) is 5.02 Å². The smallest absolute Gasteiger partial charge is 0.248 e. The van der Waals surface area contributed by atoms with E-state index in [1.54, 1.807) is 17.7 Å². The van der Waals surface area contributed by atoms with E-state index in [0.29, 0.717) is 46.0 Å². The number of fused-ring (bicyclic) bond motifs is 1. The van der Waals surface area contributed by atoms with Gasteiger partial charge in [0.15, 0.2) is 5.82 Å². The van der Waals surface area contributed by atoms with Crippen LogP contribution in [0.4, 0.5) is 5.95 Å². The Hall–Kier alpha value is -3.32. The summed E-state index contributed by atoms with van der Waals surface area (Å²) in [6.07, 6.45) is 0. The summed E-state index contributed by atoms with van der Waals surface area (Å²) in [5.74, 6) is 1.08. The summed E-state index contributed by atoms with van der Waals surface area (Å²) in [6.45, 7) is 4.20. The fraction of sp³-hybridized carbons (Fsp3) is 0.190. The number of hydrogen-bond acceptors (Lipinski definition) is 5. The first-order valence-electron chi connectivity index (χ1n) is 9.22. The lowest BCUT2D eigenvalue weighted by atomic mass is 9.94. The van der Waals surface area contributed by atoms with Crippen molar-refractivity contribution in [2.75, 3.05) is 11.9 Å². The van der Waals surface area contributed by atoms with Crippen LogP contribution in [0.1, 0.15) is 25.5 Å². The molecule has 8 heteroatoms. The number of carbonyl (C=O) groups is 1. The number of benzene rings is 2. The number of halogens is 1. The van der Waals surface area contributed by atoms with Gasteiger partial charge in [0.1, 0.15) is 11.8 Å². The molecule has 2 aromatic carbocycles. The topological polar surface area (TPSA) is 95.1 Å². The first-order valence-corrected chi connectivity index (χ1v) is 9.59. The average Bonchev–Trinajstić information content (AvgIpc) is 3.11. The molecule has 7 nitrogen and oxygen atoms in total. The van der Waals surface area contributed by atoms with Crippen LogP contribution >= 0.6 is 11.6 Å². The van der Waals surface area contributed by atoms with E-state index < -0.39 is 11.9 Å². The van der Waals surface area contributed by atoms with Gasteiger partial charge in [-0.3, -0.25) is 4.79 Å². The zero-order valence-electron chi connectivity index (χ0n) is 16.0. The molecule has 3 N–H and O–H groups in total. The summed E-state index contributed by atoms with van der Waals surface area (Å²) in [5, 5.41) is 8.35. The number of nitrogens with one attached hydrogen (secondary N) is 1. The van der Waals surface area contributed by atoms with Crippen molar-refractivity contribution in [3.05, 3.63) is 70.4 Å². The molecule has 0 spiro atoms. The molecular formula is C21H20ClN5O2. The van der Waals surface area contributed by atoms with Crippen molar-refractivity contribution in [3.63, 3.8) is 0 Å². The third-order valence-electron chi connectivity index (χ3n) is 4.75. The van der Waals surface area contributed by atoms with Gasteiger partial charge in [0.2, 0.25) is 11.9 Å². The van der Waals surface area contributed by atoms with Crippen molar-refractivity contribution >= 4 is 23.5 Å². The number of primary amides is 1. The zero-order valence-corrected chi connectivity index (χ0v) is 16.8. The van der Waals surface area contributed by atoms with Gasteiger partial charge in [0.25, 0.3) is 0 Å². The van der Waals surface area contributed by atoms with Gasteiger partial charge in [0.05, 0.1) is 17.2 Å². The number of nitrogens with zero attached hydrogens (tertiary/aromatic N) is 3. The minimum atomic E-state index is -0.574. The Morgan fingerprint density at radius 3 is 2.69 bits per heavy atom. The van der Waals surface area contributed by atoms with E-state index >= 15 is 0 Å². The van der Waals surface area contributed by atoms with Crippen LogP contribution < -0.4 is 15.8 Å². The Morgan fingerprint density at radius 1 is 1.24 bits per heavy atom. The summed E-state index contributed by atoms with van der Waals surface area (Å²) in [7, 11) is 0. The Morgan fingerprint density at radius 2 is 1.97 bits per heavy atom. The number of hydrogen-bond donors (Lipinski definition) is 2. The molecule has 148 valence electrons. The molecule has 0 saturated carbocycles. The van der Waals surface area contributed by atoms with Crippen LogP contribution in [0.15, 0.2) is 59.8 Å². The maximum Gasteiger partial charge on any atom is 0.248 e. The van der Waals surface area contributed by atoms with Gasteiger partial charge in [-0.05, 0) is 32.0 Å². The van der Waals surface area contributed by atoms with E-state index in [1.807, 2.05) is 49.4 Å². The highest BCUT2D eigenvalue weighted by Crippen LogP contribution is 2.40. The Bertz CT molecular complexity index is 1120. The maximum absolute atomic E-state index is 12.4. The van der Waals surface area contributed by atoms with Crippen molar-refractivity contribution in [2.45, 2.75) is 19.9 Å². The van der Waals surface area contributed by atoms with Gasteiger partial charge in [-0.15, -0.1) is 5.10 Å². The van der Waals surface area contributed by atoms with Crippen LogP contribution in [-0.4, -0.2) is 27.3 Å². The van der Waals surface area contributed by atoms with E-state index in [-0.39, 0.29) is 0 Å². The lowest BCUT2D eigenvalue weighted by molar-refractivity contribution is -0.115. The minimum absolute atomic E-state index is 0.403. The molecule has 1 aliphatic rings. The highest BCUT2D eigenvalue weighted by molar-refractivity contribution is 6.33. The number of allylic oxidation sites excluding steroid dienone is 1. The third kappa shape index (κ3) is 3.34. The van der Waals surface area contributed by atoms with Gasteiger partial charge in [-0.1, -0.05) is 41.9 Å². The fourth-order valence-electron chi connectivity index (χ4n) is 3.51. The maximum atomic E-state index is 12.4. The average molecular weight is 410 g/mol. The molecule has 0 fully saturated rings. The summed E-state index contributed by atoms with van der Waals surface area (Å²) in [5.41, 5.74) is 8.26. The highest BCUT2D eigenvalue weighted by Gasteiger charge is 2.35. The van der Waals surface area contributed by atoms with Crippen LogP contribution in [0.25, 0.3) is 11.4 Å². The predicted molar refractivity (Wildman–Crippen MR) is 112 cm³/mol. The second-order valence-electron chi connectivity index (χ2n) is 6.58. The molecule has 0 bridgehead atoms. The number of nitrogens with two attached hydrogens (primary N) is 1. The summed E-state index contributed by atoms with van der Waals surface area (Å²) >= 11 is 6.34. The lowest BCUT2D eigenvalue weighted by Crippen LogP contribution is -2.32. The zero-order chi connectivity index (χ0) is 20.5. The molecule has 1 atom stereocenters. The van der Waals surface area contributed by atoms with E-state index in [2.05, 4.69) is 15.4 Å². The number of carbonyl (C=O) groups excluding carboxylic acids is 1. The molecule has 29 heavy (non-hydrogen) atoms. The largest absolute Gasteiger partial charge is 0.494 e. The first kappa shape index (κ1) is 19.0. The SMILES string of the molecule is CCOc1ccccc1[C@@H]1C(C(N)=O)=C(C)Nc2nc(-c3ccccc3Cl)nn21. The summed E-state index contributed by atoms with van der Waals surface area (Å²) in [4.78, 5) is 17.0. The molecule has 4 rings (SSSR count). The molecule has 0 unspecified atom stereocenters. The van der Waals surface area contributed by atoms with Gasteiger partial charge >= 0.3 is 0 Å². The van der Waals surface area contributed by atoms with E-state index in [4.69, 9.17) is 22.1 Å². The molecule has 2 heterocycles. The number of amides is 1. The predicted octanol–water partition coefficient (Wildman–Crippen LogP) is 3.77. The van der Waals surface area contributed by atoms with Crippen molar-refractivity contribution < 1.29 is 9.53 Å². The molecule has 0 aliphatic carbocycles. The van der Waals surface area contributed by atoms with Crippen LogP contribution in [0.5, 0.6) is 5.75 Å².